The van der Waals surface area contributed by atoms with Crippen LogP contribution in [0.1, 0.15) is 5.56 Å². The van der Waals surface area contributed by atoms with E-state index >= 15 is 0 Å². The third kappa shape index (κ3) is 3.74. The molecule has 1 amide bonds. The molecule has 0 aliphatic rings. The fraction of sp³-hybridized carbons (Fsp3) is 0.0526. The fourth-order valence-electron chi connectivity index (χ4n) is 2.30. The van der Waals surface area contributed by atoms with E-state index in [4.69, 9.17) is 0 Å². The van der Waals surface area contributed by atoms with Gasteiger partial charge in [0, 0.05) is 36.8 Å². The van der Waals surface area contributed by atoms with E-state index < -0.39 is 0 Å². The van der Waals surface area contributed by atoms with Crippen LogP contribution in [0.5, 0.6) is 0 Å². The minimum atomic E-state index is -0.161. The number of nitrogens with one attached hydrogen (secondary N) is 1. The van der Waals surface area contributed by atoms with Crippen LogP contribution >= 0.6 is 0 Å². The number of imidazole rings is 1. The number of hydrogen-bond donors (Lipinski definition) is 1. The van der Waals surface area contributed by atoms with Crippen molar-refractivity contribution in [3.63, 3.8) is 0 Å². The van der Waals surface area contributed by atoms with Gasteiger partial charge in [-0.25, -0.2) is 4.98 Å². The SMILES string of the molecule is Cn1ccnc1-c1cccc(NC(=O)/C=C/c2ccccc2)c1. The number of nitrogens with zero attached hydrogens (tertiary/aromatic N) is 2. The molecule has 0 aliphatic carbocycles. The van der Waals surface area contributed by atoms with Gasteiger partial charge in [-0.15, -0.1) is 0 Å². The van der Waals surface area contributed by atoms with Gasteiger partial charge in [0.05, 0.1) is 0 Å². The molecule has 3 rings (SSSR count). The Balaban J connectivity index is 1.72. The molecule has 4 heteroatoms. The lowest BCUT2D eigenvalue weighted by Crippen LogP contribution is -2.07. The molecule has 3 aromatic rings. The highest BCUT2D eigenvalue weighted by Crippen LogP contribution is 2.20. The molecule has 1 aromatic heterocycles. The number of carbonyl (C=O) groups is 1. The molecule has 0 unspecified atom stereocenters. The van der Waals surface area contributed by atoms with E-state index in [0.717, 1.165) is 22.6 Å². The quantitative estimate of drug-likeness (QED) is 0.746. The maximum Gasteiger partial charge on any atom is 0.248 e. The fourth-order valence-corrected chi connectivity index (χ4v) is 2.30. The number of benzene rings is 2. The average molecular weight is 303 g/mol. The molecule has 0 atom stereocenters. The van der Waals surface area contributed by atoms with Crippen molar-refractivity contribution in [1.82, 2.24) is 9.55 Å². The van der Waals surface area contributed by atoms with Gasteiger partial charge in [0.2, 0.25) is 5.91 Å². The highest BCUT2D eigenvalue weighted by atomic mass is 16.1. The number of rotatable bonds is 4. The Labute approximate surface area is 135 Å². The van der Waals surface area contributed by atoms with E-state index in [1.54, 1.807) is 12.3 Å². The summed E-state index contributed by atoms with van der Waals surface area (Å²) in [6.07, 6.45) is 6.97. The van der Waals surface area contributed by atoms with Crippen LogP contribution in [0, 0.1) is 0 Å². The maximum atomic E-state index is 12.0. The summed E-state index contributed by atoms with van der Waals surface area (Å²) >= 11 is 0. The Morgan fingerprint density at radius 1 is 1.13 bits per heavy atom. The highest BCUT2D eigenvalue weighted by Gasteiger charge is 2.05. The second-order valence-electron chi connectivity index (χ2n) is 5.18. The van der Waals surface area contributed by atoms with E-state index in [2.05, 4.69) is 10.3 Å². The lowest BCUT2D eigenvalue weighted by Gasteiger charge is -2.06. The monoisotopic (exact) mass is 303 g/mol. The number of amides is 1. The van der Waals surface area contributed by atoms with Crippen molar-refractivity contribution in [2.45, 2.75) is 0 Å². The third-order valence-corrected chi connectivity index (χ3v) is 3.44. The van der Waals surface area contributed by atoms with Crippen LogP contribution in [0.25, 0.3) is 17.5 Å². The van der Waals surface area contributed by atoms with Crippen molar-refractivity contribution >= 4 is 17.7 Å². The van der Waals surface area contributed by atoms with Gasteiger partial charge in [-0.2, -0.15) is 0 Å². The molecule has 0 bridgehead atoms. The van der Waals surface area contributed by atoms with Crippen LogP contribution in [-0.2, 0) is 11.8 Å². The molecule has 23 heavy (non-hydrogen) atoms. The normalized spacial score (nSPS) is 10.8. The van der Waals surface area contributed by atoms with E-state index in [1.807, 2.05) is 72.4 Å². The van der Waals surface area contributed by atoms with Crippen LogP contribution in [0.15, 0.2) is 73.1 Å². The number of carbonyl (C=O) groups excluding carboxylic acids is 1. The second-order valence-corrected chi connectivity index (χ2v) is 5.18. The van der Waals surface area contributed by atoms with Gasteiger partial charge >= 0.3 is 0 Å². The molecule has 0 spiro atoms. The third-order valence-electron chi connectivity index (χ3n) is 3.44. The first kappa shape index (κ1) is 14.8. The summed E-state index contributed by atoms with van der Waals surface area (Å²) in [5.41, 5.74) is 2.69. The number of hydrogen-bond acceptors (Lipinski definition) is 2. The Bertz CT molecular complexity index is 835. The lowest BCUT2D eigenvalue weighted by atomic mass is 10.2. The zero-order valence-corrected chi connectivity index (χ0v) is 12.8. The van der Waals surface area contributed by atoms with Crippen molar-refractivity contribution in [2.24, 2.45) is 7.05 Å². The lowest BCUT2D eigenvalue weighted by molar-refractivity contribution is -0.111. The van der Waals surface area contributed by atoms with E-state index in [1.165, 1.54) is 6.08 Å². The molecule has 1 N–H and O–H groups in total. The first-order valence-electron chi connectivity index (χ1n) is 7.34. The van der Waals surface area contributed by atoms with E-state index in [-0.39, 0.29) is 5.91 Å². The van der Waals surface area contributed by atoms with Gasteiger partial charge in [0.15, 0.2) is 0 Å². The number of aryl methyl sites for hydroxylation is 1. The van der Waals surface area contributed by atoms with Gasteiger partial charge in [0.25, 0.3) is 0 Å². The van der Waals surface area contributed by atoms with Crippen molar-refractivity contribution in [3.8, 4) is 11.4 Å². The van der Waals surface area contributed by atoms with E-state index in [9.17, 15) is 4.79 Å². The summed E-state index contributed by atoms with van der Waals surface area (Å²) in [6.45, 7) is 0. The minimum Gasteiger partial charge on any atom is -0.334 e. The molecule has 2 aromatic carbocycles. The smallest absolute Gasteiger partial charge is 0.248 e. The van der Waals surface area contributed by atoms with Gasteiger partial charge in [-0.3, -0.25) is 4.79 Å². The molecule has 1 heterocycles. The second kappa shape index (κ2) is 6.75. The Hall–Kier alpha value is -3.14. The van der Waals surface area contributed by atoms with Crippen LogP contribution in [0.4, 0.5) is 5.69 Å². The van der Waals surface area contributed by atoms with Crippen LogP contribution in [0.3, 0.4) is 0 Å². The topological polar surface area (TPSA) is 46.9 Å². The van der Waals surface area contributed by atoms with Crippen LogP contribution < -0.4 is 5.32 Å². The zero-order chi connectivity index (χ0) is 16.1. The van der Waals surface area contributed by atoms with Crippen molar-refractivity contribution in [2.75, 3.05) is 5.32 Å². The molecule has 0 aliphatic heterocycles. The molecule has 0 saturated carbocycles. The summed E-state index contributed by atoms with van der Waals surface area (Å²) in [5, 5.41) is 2.87. The first-order chi connectivity index (χ1) is 11.2. The summed E-state index contributed by atoms with van der Waals surface area (Å²) in [6, 6.07) is 17.4. The van der Waals surface area contributed by atoms with Gasteiger partial charge in [-0.05, 0) is 23.8 Å². The predicted octanol–water partition coefficient (Wildman–Crippen LogP) is 3.74. The largest absolute Gasteiger partial charge is 0.334 e. The Morgan fingerprint density at radius 3 is 2.70 bits per heavy atom. The molecule has 114 valence electrons. The molecular weight excluding hydrogens is 286 g/mol. The van der Waals surface area contributed by atoms with Crippen molar-refractivity contribution < 1.29 is 4.79 Å². The van der Waals surface area contributed by atoms with Crippen molar-refractivity contribution in [1.29, 1.82) is 0 Å². The molecule has 4 nitrogen and oxygen atoms in total. The number of aromatic nitrogens is 2. The van der Waals surface area contributed by atoms with Gasteiger partial charge in [0.1, 0.15) is 5.82 Å². The molecule has 0 fully saturated rings. The average Bonchev–Trinajstić information content (AvgIpc) is 3.00. The summed E-state index contributed by atoms with van der Waals surface area (Å²) < 4.78 is 1.94. The molecule has 0 saturated heterocycles. The summed E-state index contributed by atoms with van der Waals surface area (Å²) in [7, 11) is 1.94. The molecule has 0 radical (unpaired) electrons. The highest BCUT2D eigenvalue weighted by molar-refractivity contribution is 6.02. The van der Waals surface area contributed by atoms with Crippen LogP contribution in [0.2, 0.25) is 0 Å². The zero-order valence-electron chi connectivity index (χ0n) is 12.8. The standard InChI is InChI=1S/C19H17N3O/c1-22-13-12-20-19(22)16-8-5-9-17(14-16)21-18(23)11-10-15-6-3-2-4-7-15/h2-14H,1H3,(H,21,23)/b11-10+. The summed E-state index contributed by atoms with van der Waals surface area (Å²) in [4.78, 5) is 16.4. The summed E-state index contributed by atoms with van der Waals surface area (Å²) in [5.74, 6) is 0.701. The van der Waals surface area contributed by atoms with Crippen LogP contribution in [-0.4, -0.2) is 15.5 Å². The maximum absolute atomic E-state index is 12.0. The first-order valence-corrected chi connectivity index (χ1v) is 7.34. The van der Waals surface area contributed by atoms with Gasteiger partial charge < -0.3 is 9.88 Å². The number of anilines is 1. The van der Waals surface area contributed by atoms with E-state index in [0.29, 0.717) is 0 Å². The Morgan fingerprint density at radius 2 is 1.96 bits per heavy atom. The predicted molar refractivity (Wildman–Crippen MR) is 92.7 cm³/mol. The molecular formula is C19H17N3O. The minimum absolute atomic E-state index is 0.161. The van der Waals surface area contributed by atoms with Gasteiger partial charge in [-0.1, -0.05) is 42.5 Å². The van der Waals surface area contributed by atoms with Crippen molar-refractivity contribution in [3.05, 3.63) is 78.6 Å². The Kier molecular flexibility index (Phi) is 4.34.